The minimum atomic E-state index is -3.97. The smallest absolute Gasteiger partial charge is 0.491 e. The van der Waals surface area contributed by atoms with Crippen LogP contribution in [0.25, 0.3) is 0 Å². The average molecular weight is 404 g/mol. The lowest BCUT2D eigenvalue weighted by molar-refractivity contribution is -0.120. The Bertz CT molecular complexity index is 996. The maximum absolute atomic E-state index is 13.0. The molecule has 148 valence electrons. The first-order valence-electron chi connectivity index (χ1n) is 8.73. The number of nitrogens with one attached hydrogen (secondary N) is 2. The fraction of sp³-hybridized carbons (Fsp3) is 0.278. The highest BCUT2D eigenvalue weighted by atomic mass is 32.2. The number of likely N-dealkylation sites (N-methyl/N-ethyl adjacent to an activating group) is 1. The summed E-state index contributed by atoms with van der Waals surface area (Å²) in [6.45, 7) is 2.51. The number of fused-ring (bicyclic) bond motifs is 1. The highest BCUT2D eigenvalue weighted by Gasteiger charge is 2.28. The number of anilines is 1. The van der Waals surface area contributed by atoms with Gasteiger partial charge in [-0.2, -0.15) is 0 Å². The van der Waals surface area contributed by atoms with E-state index in [1.54, 1.807) is 19.1 Å². The number of rotatable bonds is 7. The van der Waals surface area contributed by atoms with Crippen LogP contribution in [0, 0.1) is 0 Å². The summed E-state index contributed by atoms with van der Waals surface area (Å²) in [4.78, 5) is 12.0. The number of hydrogen-bond acceptors (Lipinski definition) is 6. The number of sulfonamides is 1. The zero-order chi connectivity index (χ0) is 20.3. The van der Waals surface area contributed by atoms with E-state index in [2.05, 4.69) is 10.0 Å². The van der Waals surface area contributed by atoms with Gasteiger partial charge in [0.15, 0.2) is 0 Å². The van der Waals surface area contributed by atoms with Crippen molar-refractivity contribution in [2.24, 2.45) is 0 Å². The molecule has 8 nitrogen and oxygen atoms in total. The lowest BCUT2D eigenvalue weighted by Crippen LogP contribution is -2.28. The predicted octanol–water partition coefficient (Wildman–Crippen LogP) is 0.392. The van der Waals surface area contributed by atoms with Gasteiger partial charge in [0.1, 0.15) is 5.75 Å². The normalized spacial score (nSPS) is 13.2. The van der Waals surface area contributed by atoms with Crippen LogP contribution in [-0.4, -0.2) is 40.1 Å². The van der Waals surface area contributed by atoms with Crippen molar-refractivity contribution in [3.05, 3.63) is 47.5 Å². The molecule has 0 unspecified atom stereocenters. The van der Waals surface area contributed by atoms with Crippen molar-refractivity contribution in [3.63, 3.8) is 0 Å². The fourth-order valence-electron chi connectivity index (χ4n) is 3.00. The third kappa shape index (κ3) is 4.29. The summed E-state index contributed by atoms with van der Waals surface area (Å²) in [5.41, 5.74) is 1.94. The van der Waals surface area contributed by atoms with Gasteiger partial charge in [0.2, 0.25) is 5.91 Å². The second-order valence-corrected chi connectivity index (χ2v) is 7.94. The Morgan fingerprint density at radius 1 is 1.29 bits per heavy atom. The summed E-state index contributed by atoms with van der Waals surface area (Å²) in [7, 11) is -3.58. The van der Waals surface area contributed by atoms with Gasteiger partial charge < -0.3 is 19.7 Å². The first kappa shape index (κ1) is 20.2. The predicted molar refractivity (Wildman–Crippen MR) is 105 cm³/mol. The molecule has 0 bridgehead atoms. The molecule has 0 aliphatic carbocycles. The van der Waals surface area contributed by atoms with Gasteiger partial charge in [-0.25, -0.2) is 8.42 Å². The monoisotopic (exact) mass is 404 g/mol. The zero-order valence-electron chi connectivity index (χ0n) is 15.6. The van der Waals surface area contributed by atoms with Crippen molar-refractivity contribution in [1.29, 1.82) is 0 Å². The first-order chi connectivity index (χ1) is 13.3. The molecular weight excluding hydrogens is 383 g/mol. The van der Waals surface area contributed by atoms with E-state index in [9.17, 15) is 18.2 Å². The highest BCUT2D eigenvalue weighted by Crippen LogP contribution is 2.25. The molecule has 0 saturated carbocycles. The molecule has 2 aromatic carbocycles. The second kappa shape index (κ2) is 8.21. The van der Waals surface area contributed by atoms with Crippen LogP contribution >= 0.6 is 0 Å². The van der Waals surface area contributed by atoms with Crippen molar-refractivity contribution in [3.8, 4) is 5.75 Å². The van der Waals surface area contributed by atoms with Gasteiger partial charge in [-0.1, -0.05) is 6.07 Å². The zero-order valence-corrected chi connectivity index (χ0v) is 16.4. The van der Waals surface area contributed by atoms with E-state index in [-0.39, 0.29) is 23.8 Å². The number of amides is 1. The maximum Gasteiger partial charge on any atom is 0.491 e. The van der Waals surface area contributed by atoms with Crippen LogP contribution in [0.5, 0.6) is 5.75 Å². The van der Waals surface area contributed by atoms with Crippen LogP contribution in [-0.2, 0) is 32.5 Å². The van der Waals surface area contributed by atoms with E-state index in [4.69, 9.17) is 9.39 Å². The summed E-state index contributed by atoms with van der Waals surface area (Å²) in [6.07, 6.45) is -0.0992. The Kier molecular flexibility index (Phi) is 5.92. The average Bonchev–Trinajstić information content (AvgIpc) is 3.02. The molecule has 28 heavy (non-hydrogen) atoms. The van der Waals surface area contributed by atoms with Gasteiger partial charge in [-0.15, -0.1) is 0 Å². The van der Waals surface area contributed by atoms with Crippen molar-refractivity contribution in [2.45, 2.75) is 24.8 Å². The summed E-state index contributed by atoms with van der Waals surface area (Å²) in [6, 6.07) is 9.30. The molecule has 0 saturated heterocycles. The Morgan fingerprint density at radius 2 is 2.07 bits per heavy atom. The highest BCUT2D eigenvalue weighted by molar-refractivity contribution is 7.92. The quantitative estimate of drug-likeness (QED) is 0.576. The van der Waals surface area contributed by atoms with Crippen molar-refractivity contribution >= 4 is 34.2 Å². The SMILES string of the molecule is CCNC(=O)Cc1cc(OC)ccc1S(=O)(=O)Nc1ccc2c(c1)B(O)OC2. The number of benzene rings is 2. The molecule has 2 aromatic rings. The number of carbonyl (C=O) groups is 1. The summed E-state index contributed by atoms with van der Waals surface area (Å²) >= 11 is 0. The van der Waals surface area contributed by atoms with Crippen LogP contribution in [0.2, 0.25) is 0 Å². The van der Waals surface area contributed by atoms with Crippen LogP contribution < -0.4 is 20.2 Å². The molecule has 0 radical (unpaired) electrons. The molecule has 1 aliphatic rings. The van der Waals surface area contributed by atoms with E-state index >= 15 is 0 Å². The van der Waals surface area contributed by atoms with Crippen LogP contribution in [0.3, 0.4) is 0 Å². The van der Waals surface area contributed by atoms with Crippen LogP contribution in [0.4, 0.5) is 5.69 Å². The standard InChI is InChI=1S/C18H21BN2O6S/c1-3-20-18(22)9-13-8-15(26-2)6-7-17(13)28(24,25)21-14-5-4-12-11-27-19(23)16(12)10-14/h4-8,10,21,23H,3,9,11H2,1-2H3,(H,20,22). The van der Waals surface area contributed by atoms with Gasteiger partial charge in [-0.3, -0.25) is 9.52 Å². The van der Waals surface area contributed by atoms with Crippen LogP contribution in [0.1, 0.15) is 18.1 Å². The van der Waals surface area contributed by atoms with Gasteiger partial charge >= 0.3 is 7.12 Å². The first-order valence-corrected chi connectivity index (χ1v) is 10.2. The Morgan fingerprint density at radius 3 is 2.79 bits per heavy atom. The summed E-state index contributed by atoms with van der Waals surface area (Å²) in [5, 5.41) is 12.5. The molecule has 0 spiro atoms. The summed E-state index contributed by atoms with van der Waals surface area (Å²) in [5.74, 6) is 0.168. The Hall–Kier alpha value is -2.56. The number of ether oxygens (including phenoxy) is 1. The molecule has 1 heterocycles. The van der Waals surface area contributed by atoms with Gasteiger partial charge in [0.05, 0.1) is 25.0 Å². The van der Waals surface area contributed by atoms with Crippen molar-refractivity contribution < 1.29 is 27.6 Å². The van der Waals surface area contributed by atoms with E-state index in [0.29, 0.717) is 29.0 Å². The molecule has 3 rings (SSSR count). The topological polar surface area (TPSA) is 114 Å². The van der Waals surface area contributed by atoms with Crippen LogP contribution in [0.15, 0.2) is 41.3 Å². The molecular formula is C18H21BN2O6S. The number of hydrogen-bond donors (Lipinski definition) is 3. The lowest BCUT2D eigenvalue weighted by Gasteiger charge is -2.14. The molecule has 0 atom stereocenters. The molecule has 1 aliphatic heterocycles. The fourth-order valence-corrected chi connectivity index (χ4v) is 4.27. The third-order valence-electron chi connectivity index (χ3n) is 4.34. The molecule has 0 aromatic heterocycles. The minimum absolute atomic E-state index is 0.0168. The molecule has 0 fully saturated rings. The van der Waals surface area contributed by atoms with Crippen molar-refractivity contribution in [2.75, 3.05) is 18.4 Å². The maximum atomic E-state index is 13.0. The number of carbonyl (C=O) groups excluding carboxylic acids is 1. The molecule has 1 amide bonds. The molecule has 10 heteroatoms. The largest absolute Gasteiger partial charge is 0.497 e. The van der Waals surface area contributed by atoms with Gasteiger partial charge in [0.25, 0.3) is 10.0 Å². The van der Waals surface area contributed by atoms with E-state index in [1.165, 1.54) is 31.4 Å². The van der Waals surface area contributed by atoms with Gasteiger partial charge in [-0.05, 0) is 53.8 Å². The second-order valence-electron chi connectivity index (χ2n) is 6.29. The van der Waals surface area contributed by atoms with E-state index in [0.717, 1.165) is 5.56 Å². The molecule has 3 N–H and O–H groups in total. The van der Waals surface area contributed by atoms with Crippen molar-refractivity contribution in [1.82, 2.24) is 5.32 Å². The summed E-state index contributed by atoms with van der Waals surface area (Å²) < 4.78 is 38.7. The van der Waals surface area contributed by atoms with Gasteiger partial charge in [0, 0.05) is 12.2 Å². The Labute approximate surface area is 164 Å². The Balaban J connectivity index is 1.93. The van der Waals surface area contributed by atoms with E-state index in [1.807, 2.05) is 0 Å². The lowest BCUT2D eigenvalue weighted by atomic mass is 9.79. The minimum Gasteiger partial charge on any atom is -0.497 e. The third-order valence-corrected chi connectivity index (χ3v) is 5.82. The number of methoxy groups -OCH3 is 1. The van der Waals surface area contributed by atoms with E-state index < -0.39 is 17.1 Å².